The summed E-state index contributed by atoms with van der Waals surface area (Å²) in [4.78, 5) is 2.19. The summed E-state index contributed by atoms with van der Waals surface area (Å²) in [6, 6.07) is 4.64. The first-order valence-electron chi connectivity index (χ1n) is 5.75. The zero-order chi connectivity index (χ0) is 12.3. The highest BCUT2D eigenvalue weighted by atomic mass is 35.5. The Balaban J connectivity index is 2.31. The molecule has 1 aromatic carbocycles. The van der Waals surface area contributed by atoms with Crippen LogP contribution in [0.15, 0.2) is 30.9 Å². The van der Waals surface area contributed by atoms with E-state index in [1.807, 2.05) is 0 Å². The van der Waals surface area contributed by atoms with Crippen LogP contribution in [0.1, 0.15) is 11.6 Å². The van der Waals surface area contributed by atoms with Gasteiger partial charge in [-0.2, -0.15) is 0 Å². The van der Waals surface area contributed by atoms with Gasteiger partial charge in [-0.1, -0.05) is 23.7 Å². The van der Waals surface area contributed by atoms with E-state index in [9.17, 15) is 4.39 Å². The van der Waals surface area contributed by atoms with Crippen LogP contribution in [0.5, 0.6) is 0 Å². The van der Waals surface area contributed by atoms with Gasteiger partial charge in [-0.05, 0) is 12.1 Å². The molecule has 0 saturated carbocycles. The van der Waals surface area contributed by atoms with E-state index >= 15 is 0 Å². The van der Waals surface area contributed by atoms with Crippen molar-refractivity contribution in [2.45, 2.75) is 6.04 Å². The average Bonchev–Trinajstić information content (AvgIpc) is 2.35. The van der Waals surface area contributed by atoms with Gasteiger partial charge in [-0.15, -0.1) is 6.58 Å². The summed E-state index contributed by atoms with van der Waals surface area (Å²) >= 11 is 6.09. The topological polar surface area (TPSA) is 15.3 Å². The van der Waals surface area contributed by atoms with E-state index < -0.39 is 0 Å². The highest BCUT2D eigenvalue weighted by Gasteiger charge is 2.23. The lowest BCUT2D eigenvalue weighted by molar-refractivity contribution is 0.200. The number of benzene rings is 1. The highest BCUT2D eigenvalue weighted by molar-refractivity contribution is 6.31. The van der Waals surface area contributed by atoms with Crippen molar-refractivity contribution in [3.05, 3.63) is 47.3 Å². The molecule has 92 valence electrons. The monoisotopic (exact) mass is 254 g/mol. The van der Waals surface area contributed by atoms with Crippen molar-refractivity contribution in [1.82, 2.24) is 10.2 Å². The second-order valence-corrected chi connectivity index (χ2v) is 4.51. The molecule has 1 aliphatic heterocycles. The zero-order valence-corrected chi connectivity index (χ0v) is 10.4. The van der Waals surface area contributed by atoms with Crippen molar-refractivity contribution < 1.29 is 4.39 Å². The molecular weight excluding hydrogens is 239 g/mol. The van der Waals surface area contributed by atoms with E-state index in [0.29, 0.717) is 10.6 Å². The van der Waals surface area contributed by atoms with Crippen molar-refractivity contribution >= 4 is 11.6 Å². The Morgan fingerprint density at radius 1 is 1.41 bits per heavy atom. The van der Waals surface area contributed by atoms with Gasteiger partial charge in [0.15, 0.2) is 0 Å². The largest absolute Gasteiger partial charge is 0.314 e. The molecule has 0 bridgehead atoms. The molecule has 1 heterocycles. The van der Waals surface area contributed by atoms with Crippen LogP contribution in [-0.4, -0.2) is 31.1 Å². The molecule has 2 nitrogen and oxygen atoms in total. The van der Waals surface area contributed by atoms with Gasteiger partial charge >= 0.3 is 0 Å². The molecule has 1 saturated heterocycles. The fourth-order valence-corrected chi connectivity index (χ4v) is 2.48. The fraction of sp³-hybridized carbons (Fsp3) is 0.385. The molecule has 1 aromatic rings. The Bertz CT molecular complexity index is 382. The smallest absolute Gasteiger partial charge is 0.129 e. The van der Waals surface area contributed by atoms with Gasteiger partial charge < -0.3 is 5.32 Å². The van der Waals surface area contributed by atoms with E-state index in [4.69, 9.17) is 11.6 Å². The second kappa shape index (κ2) is 5.63. The third kappa shape index (κ3) is 2.68. The first-order valence-corrected chi connectivity index (χ1v) is 6.13. The Morgan fingerprint density at radius 3 is 2.71 bits per heavy atom. The lowest BCUT2D eigenvalue weighted by Crippen LogP contribution is -2.44. The van der Waals surface area contributed by atoms with Crippen LogP contribution in [0.25, 0.3) is 0 Å². The summed E-state index contributed by atoms with van der Waals surface area (Å²) in [6.07, 6.45) is 1.76. The third-order valence-electron chi connectivity index (χ3n) is 3.06. The van der Waals surface area contributed by atoms with E-state index in [-0.39, 0.29) is 11.9 Å². The number of hydrogen-bond acceptors (Lipinski definition) is 2. The maximum atomic E-state index is 13.9. The third-order valence-corrected chi connectivity index (χ3v) is 3.39. The predicted octanol–water partition coefficient (Wildman–Crippen LogP) is 2.61. The molecule has 0 unspecified atom stereocenters. The number of hydrogen-bond donors (Lipinski definition) is 1. The summed E-state index contributed by atoms with van der Waals surface area (Å²) in [5.74, 6) is -0.263. The summed E-state index contributed by atoms with van der Waals surface area (Å²) in [5, 5.41) is 3.74. The van der Waals surface area contributed by atoms with Crippen LogP contribution in [0, 0.1) is 5.82 Å². The predicted molar refractivity (Wildman–Crippen MR) is 68.8 cm³/mol. The molecule has 2 rings (SSSR count). The first-order chi connectivity index (χ1) is 8.24. The van der Waals surface area contributed by atoms with Crippen molar-refractivity contribution in [3.8, 4) is 0 Å². The maximum absolute atomic E-state index is 13.9. The van der Waals surface area contributed by atoms with Crippen LogP contribution >= 0.6 is 11.6 Å². The van der Waals surface area contributed by atoms with Crippen LogP contribution in [0.3, 0.4) is 0 Å². The normalized spacial score (nSPS) is 18.9. The number of piperazine rings is 1. The van der Waals surface area contributed by atoms with Crippen LogP contribution in [0.4, 0.5) is 4.39 Å². The van der Waals surface area contributed by atoms with Gasteiger partial charge in [0, 0.05) is 36.8 Å². The Hall–Kier alpha value is -0.900. The zero-order valence-electron chi connectivity index (χ0n) is 9.63. The van der Waals surface area contributed by atoms with E-state index in [1.54, 1.807) is 18.2 Å². The van der Waals surface area contributed by atoms with Crippen LogP contribution < -0.4 is 5.32 Å². The van der Waals surface area contributed by atoms with Crippen molar-refractivity contribution in [2.75, 3.05) is 26.2 Å². The van der Waals surface area contributed by atoms with Gasteiger partial charge in [-0.25, -0.2) is 4.39 Å². The van der Waals surface area contributed by atoms with Gasteiger partial charge in [0.2, 0.25) is 0 Å². The first kappa shape index (κ1) is 12.6. The van der Waals surface area contributed by atoms with Gasteiger partial charge in [0.1, 0.15) is 5.82 Å². The molecule has 1 atom stereocenters. The molecule has 17 heavy (non-hydrogen) atoms. The van der Waals surface area contributed by atoms with Crippen molar-refractivity contribution in [1.29, 1.82) is 0 Å². The quantitative estimate of drug-likeness (QED) is 0.835. The lowest BCUT2D eigenvalue weighted by Gasteiger charge is -2.33. The average molecular weight is 255 g/mol. The summed E-state index contributed by atoms with van der Waals surface area (Å²) < 4.78 is 13.9. The van der Waals surface area contributed by atoms with E-state index in [2.05, 4.69) is 16.8 Å². The van der Waals surface area contributed by atoms with Gasteiger partial charge in [0.25, 0.3) is 0 Å². The minimum Gasteiger partial charge on any atom is -0.314 e. The Kier molecular flexibility index (Phi) is 4.15. The van der Waals surface area contributed by atoms with Gasteiger partial charge in [0.05, 0.1) is 6.04 Å². The molecular formula is C13H16ClFN2. The molecule has 0 aromatic heterocycles. The molecule has 0 amide bonds. The van der Waals surface area contributed by atoms with Crippen LogP contribution in [-0.2, 0) is 0 Å². The molecule has 0 radical (unpaired) electrons. The number of rotatable bonds is 3. The minimum atomic E-state index is -0.263. The Labute approximate surface area is 106 Å². The summed E-state index contributed by atoms with van der Waals surface area (Å²) in [6.45, 7) is 7.39. The molecule has 0 aliphatic carbocycles. The number of nitrogens with zero attached hydrogens (tertiary/aromatic N) is 1. The molecule has 1 aliphatic rings. The maximum Gasteiger partial charge on any atom is 0.129 e. The number of nitrogens with one attached hydrogen (secondary N) is 1. The Morgan fingerprint density at radius 2 is 2.12 bits per heavy atom. The fourth-order valence-electron chi connectivity index (χ4n) is 2.20. The van der Waals surface area contributed by atoms with E-state index in [0.717, 1.165) is 26.2 Å². The number of halogens is 2. The van der Waals surface area contributed by atoms with Gasteiger partial charge in [-0.3, -0.25) is 4.90 Å². The molecule has 1 N–H and O–H groups in total. The van der Waals surface area contributed by atoms with Crippen molar-refractivity contribution in [2.24, 2.45) is 0 Å². The highest BCUT2D eigenvalue weighted by Crippen LogP contribution is 2.30. The second-order valence-electron chi connectivity index (χ2n) is 4.10. The molecule has 4 heteroatoms. The lowest BCUT2D eigenvalue weighted by atomic mass is 10.0. The minimum absolute atomic E-state index is 0.147. The van der Waals surface area contributed by atoms with Crippen LogP contribution in [0.2, 0.25) is 5.02 Å². The standard InChI is InChI=1S/C13H16ClFN2/c1-2-12(17-8-6-16-7-9-17)13-10(14)4-3-5-11(13)15/h2-5,12,16H,1,6-9H2/t12-/m1/s1. The summed E-state index contributed by atoms with van der Waals surface area (Å²) in [5.41, 5.74) is 0.533. The summed E-state index contributed by atoms with van der Waals surface area (Å²) in [7, 11) is 0. The van der Waals surface area contributed by atoms with E-state index in [1.165, 1.54) is 6.07 Å². The SMILES string of the molecule is C=C[C@H](c1c(F)cccc1Cl)N1CCNCC1. The van der Waals surface area contributed by atoms with Crippen molar-refractivity contribution in [3.63, 3.8) is 0 Å². The molecule has 0 spiro atoms. The molecule has 1 fully saturated rings.